The van der Waals surface area contributed by atoms with Crippen LogP contribution in [0.4, 0.5) is 0 Å². The summed E-state index contributed by atoms with van der Waals surface area (Å²) in [4.78, 5) is 24.9. The summed E-state index contributed by atoms with van der Waals surface area (Å²) in [5.41, 5.74) is 5.48. The lowest BCUT2D eigenvalue weighted by molar-refractivity contribution is -0.116. The van der Waals surface area contributed by atoms with E-state index in [0.29, 0.717) is 41.6 Å². The zero-order valence-electron chi connectivity index (χ0n) is 21.7. The van der Waals surface area contributed by atoms with Crippen LogP contribution in [0.1, 0.15) is 107 Å². The zero-order chi connectivity index (χ0) is 24.5. The van der Waals surface area contributed by atoms with Crippen molar-refractivity contribution in [1.29, 1.82) is 0 Å². The van der Waals surface area contributed by atoms with Gasteiger partial charge in [-0.15, -0.1) is 0 Å². The number of carbonyl (C=O) groups is 2. The van der Waals surface area contributed by atoms with Crippen LogP contribution < -0.4 is 0 Å². The zero-order valence-corrected chi connectivity index (χ0v) is 21.7. The number of Topliss-reactive ketones (excluding diaryl/α,β-unsaturated/α-hetero) is 2. The number of allylic oxidation sites excluding steroid dienone is 10. The van der Waals surface area contributed by atoms with Crippen molar-refractivity contribution in [2.45, 2.75) is 112 Å². The van der Waals surface area contributed by atoms with Gasteiger partial charge in [0.1, 0.15) is 0 Å². The topological polar surface area (TPSA) is 54.4 Å². The second-order valence-electron chi connectivity index (χ2n) is 10.0. The average Bonchev–Trinajstić information content (AvgIpc) is 2.70. The fourth-order valence-corrected chi connectivity index (χ4v) is 3.94. The van der Waals surface area contributed by atoms with Crippen molar-refractivity contribution in [1.82, 2.24) is 0 Å². The lowest BCUT2D eigenvalue weighted by Crippen LogP contribution is -2.26. The van der Waals surface area contributed by atoms with Gasteiger partial charge in [0.2, 0.25) is 0 Å². The van der Waals surface area contributed by atoms with E-state index in [9.17, 15) is 14.7 Å². The van der Waals surface area contributed by atoms with E-state index in [0.717, 1.165) is 32.1 Å². The summed E-state index contributed by atoms with van der Waals surface area (Å²) < 4.78 is 0. The van der Waals surface area contributed by atoms with Crippen molar-refractivity contribution in [3.05, 3.63) is 57.2 Å². The van der Waals surface area contributed by atoms with Gasteiger partial charge < -0.3 is 5.11 Å². The second kappa shape index (κ2) is 12.9. The molecule has 0 saturated heterocycles. The molecule has 3 heteroatoms. The first-order valence-corrected chi connectivity index (χ1v) is 12.0. The molecule has 0 amide bonds. The van der Waals surface area contributed by atoms with Gasteiger partial charge >= 0.3 is 0 Å². The lowest BCUT2D eigenvalue weighted by Gasteiger charge is -2.25. The smallest absolute Gasteiger partial charge is 0.185 e. The van der Waals surface area contributed by atoms with Crippen LogP contribution in [-0.2, 0) is 9.59 Å². The number of carbonyl (C=O) groups excluding carboxylic acids is 2. The van der Waals surface area contributed by atoms with Gasteiger partial charge in [-0.1, -0.05) is 34.9 Å². The van der Waals surface area contributed by atoms with Crippen LogP contribution in [0.3, 0.4) is 0 Å². The third-order valence-corrected chi connectivity index (χ3v) is 6.52. The Balaban J connectivity index is 2.49. The Bertz CT molecular complexity index is 853. The summed E-state index contributed by atoms with van der Waals surface area (Å²) in [5.74, 6) is -0.0909. The Morgan fingerprint density at radius 3 is 1.81 bits per heavy atom. The van der Waals surface area contributed by atoms with E-state index < -0.39 is 5.60 Å². The Morgan fingerprint density at radius 1 is 0.750 bits per heavy atom. The Labute approximate surface area is 196 Å². The molecule has 0 aromatic carbocycles. The number of aliphatic hydroxyl groups is 1. The van der Waals surface area contributed by atoms with E-state index in [-0.39, 0.29) is 11.6 Å². The molecule has 0 saturated carbocycles. The fourth-order valence-electron chi connectivity index (χ4n) is 3.94. The van der Waals surface area contributed by atoms with Crippen molar-refractivity contribution in [2.24, 2.45) is 0 Å². The second-order valence-corrected chi connectivity index (χ2v) is 10.0. The van der Waals surface area contributed by atoms with E-state index in [1.54, 1.807) is 20.8 Å². The molecule has 0 radical (unpaired) electrons. The third kappa shape index (κ3) is 9.24. The van der Waals surface area contributed by atoms with Crippen molar-refractivity contribution >= 4 is 11.6 Å². The molecule has 1 aliphatic carbocycles. The molecule has 0 aromatic rings. The van der Waals surface area contributed by atoms with Crippen LogP contribution in [0, 0.1) is 0 Å². The minimum Gasteiger partial charge on any atom is -0.390 e. The monoisotopic (exact) mass is 440 g/mol. The van der Waals surface area contributed by atoms with Crippen LogP contribution in [0.2, 0.25) is 0 Å². The van der Waals surface area contributed by atoms with Crippen molar-refractivity contribution in [3.63, 3.8) is 0 Å². The molecule has 0 fully saturated rings. The predicted molar refractivity (Wildman–Crippen MR) is 136 cm³/mol. The summed E-state index contributed by atoms with van der Waals surface area (Å²) in [5, 5.41) is 10.8. The van der Waals surface area contributed by atoms with E-state index in [2.05, 4.69) is 45.9 Å². The molecule has 32 heavy (non-hydrogen) atoms. The van der Waals surface area contributed by atoms with E-state index >= 15 is 0 Å². The highest BCUT2D eigenvalue weighted by molar-refractivity contribution is 6.24. The van der Waals surface area contributed by atoms with Gasteiger partial charge in [0.15, 0.2) is 11.6 Å². The van der Waals surface area contributed by atoms with Gasteiger partial charge in [0.05, 0.1) is 5.60 Å². The van der Waals surface area contributed by atoms with Crippen LogP contribution in [0.5, 0.6) is 0 Å². The number of rotatable bonds is 12. The highest BCUT2D eigenvalue weighted by Gasteiger charge is 2.29. The SMILES string of the molecule is CC(C)=CCC/C(C)=C/CC/C(C)=C/CC[C@](C)(O)CCC1=C(C)C(=O)C(C)=C(C)C1=O. The highest BCUT2D eigenvalue weighted by atomic mass is 16.3. The minimum atomic E-state index is -0.862. The van der Waals surface area contributed by atoms with E-state index in [4.69, 9.17) is 0 Å². The first kappa shape index (κ1) is 28.0. The molecule has 0 heterocycles. The Kier molecular flexibility index (Phi) is 11.3. The van der Waals surface area contributed by atoms with Gasteiger partial charge in [-0.2, -0.15) is 0 Å². The molecular weight excluding hydrogens is 396 g/mol. The molecular formula is C29H44O3. The van der Waals surface area contributed by atoms with E-state index in [1.165, 1.54) is 16.7 Å². The lowest BCUT2D eigenvalue weighted by atomic mass is 9.82. The molecule has 0 spiro atoms. The molecule has 1 rings (SSSR count). The number of ketones is 2. The average molecular weight is 441 g/mol. The van der Waals surface area contributed by atoms with Crippen LogP contribution >= 0.6 is 0 Å². The van der Waals surface area contributed by atoms with Gasteiger partial charge in [0, 0.05) is 22.3 Å². The fraction of sp³-hybridized carbons (Fsp3) is 0.586. The maximum atomic E-state index is 12.6. The minimum absolute atomic E-state index is 0.0449. The Hall–Kier alpha value is -2.00. The molecule has 0 aromatic heterocycles. The molecule has 0 aliphatic heterocycles. The summed E-state index contributed by atoms with van der Waals surface area (Å²) >= 11 is 0. The molecule has 0 bridgehead atoms. The van der Waals surface area contributed by atoms with Crippen molar-refractivity contribution in [2.75, 3.05) is 0 Å². The molecule has 0 unspecified atom stereocenters. The molecule has 1 aliphatic rings. The van der Waals surface area contributed by atoms with Crippen LogP contribution in [0.25, 0.3) is 0 Å². The predicted octanol–water partition coefficient (Wildman–Crippen LogP) is 7.52. The van der Waals surface area contributed by atoms with E-state index in [1.807, 2.05) is 6.92 Å². The van der Waals surface area contributed by atoms with Gasteiger partial charge in [-0.3, -0.25) is 9.59 Å². The quantitative estimate of drug-likeness (QED) is 0.252. The normalized spacial score (nSPS) is 17.8. The molecule has 3 nitrogen and oxygen atoms in total. The maximum absolute atomic E-state index is 12.6. The van der Waals surface area contributed by atoms with Gasteiger partial charge in [0.25, 0.3) is 0 Å². The summed E-state index contributed by atoms with van der Waals surface area (Å²) in [6, 6.07) is 0. The summed E-state index contributed by atoms with van der Waals surface area (Å²) in [7, 11) is 0. The summed E-state index contributed by atoms with van der Waals surface area (Å²) in [6.07, 6.45) is 13.5. The molecule has 178 valence electrons. The molecule has 1 N–H and O–H groups in total. The van der Waals surface area contributed by atoms with Gasteiger partial charge in [-0.25, -0.2) is 0 Å². The number of hydrogen-bond acceptors (Lipinski definition) is 3. The highest BCUT2D eigenvalue weighted by Crippen LogP contribution is 2.30. The standard InChI is InChI=1S/C29H44O3/c1-20(2)12-9-13-21(3)14-10-15-22(4)16-11-18-29(8,32)19-17-26-25(7)27(30)23(5)24(6)28(26)31/h12,14,16,32H,9-11,13,15,17-19H2,1-8H3/b21-14+,22-16+/t29-/m0/s1. The third-order valence-electron chi connectivity index (χ3n) is 6.52. The largest absolute Gasteiger partial charge is 0.390 e. The van der Waals surface area contributed by atoms with Crippen LogP contribution in [-0.4, -0.2) is 22.3 Å². The van der Waals surface area contributed by atoms with Crippen LogP contribution in [0.15, 0.2) is 57.2 Å². The first-order chi connectivity index (χ1) is 14.9. The summed E-state index contributed by atoms with van der Waals surface area (Å²) in [6.45, 7) is 15.6. The number of hydrogen-bond donors (Lipinski definition) is 1. The van der Waals surface area contributed by atoms with Gasteiger partial charge in [-0.05, 0) is 107 Å². The maximum Gasteiger partial charge on any atom is 0.185 e. The van der Waals surface area contributed by atoms with Crippen molar-refractivity contribution in [3.8, 4) is 0 Å². The Morgan fingerprint density at radius 2 is 1.25 bits per heavy atom. The molecule has 1 atom stereocenters. The van der Waals surface area contributed by atoms with Crippen molar-refractivity contribution < 1.29 is 14.7 Å². The first-order valence-electron chi connectivity index (χ1n) is 12.0.